The van der Waals surface area contributed by atoms with Gasteiger partial charge >= 0.3 is 0 Å². The highest BCUT2D eigenvalue weighted by Gasteiger charge is 2.31. The SMILES string of the molecule is C[C@H]1Cc2ccccc2N1C(=O)Cn1c(CS(C)(=O)=O)nc2ccccc21. The third-order valence-corrected chi connectivity index (χ3v) is 5.68. The predicted octanol–water partition coefficient (Wildman–Crippen LogP) is 2.56. The summed E-state index contributed by atoms with van der Waals surface area (Å²) in [6.45, 7) is 2.09. The van der Waals surface area contributed by atoms with Crippen LogP contribution in [0.2, 0.25) is 0 Å². The van der Waals surface area contributed by atoms with E-state index < -0.39 is 9.84 Å². The lowest BCUT2D eigenvalue weighted by atomic mass is 10.1. The zero-order chi connectivity index (χ0) is 19.2. The Morgan fingerprint density at radius 3 is 2.63 bits per heavy atom. The fraction of sp³-hybridized carbons (Fsp3) is 0.300. The summed E-state index contributed by atoms with van der Waals surface area (Å²) in [6, 6.07) is 15.4. The number of anilines is 1. The van der Waals surface area contributed by atoms with Gasteiger partial charge in [-0.1, -0.05) is 30.3 Å². The molecule has 0 N–H and O–H groups in total. The van der Waals surface area contributed by atoms with Crippen LogP contribution in [0.25, 0.3) is 11.0 Å². The predicted molar refractivity (Wildman–Crippen MR) is 105 cm³/mol. The fourth-order valence-corrected chi connectivity index (χ4v) is 4.49. The number of nitrogens with zero attached hydrogens (tertiary/aromatic N) is 3. The molecule has 1 aliphatic heterocycles. The zero-order valence-corrected chi connectivity index (χ0v) is 16.1. The Kier molecular flexibility index (Phi) is 4.26. The summed E-state index contributed by atoms with van der Waals surface area (Å²) in [7, 11) is -3.27. The second kappa shape index (κ2) is 6.49. The van der Waals surface area contributed by atoms with Crippen LogP contribution in [0.15, 0.2) is 48.5 Å². The van der Waals surface area contributed by atoms with E-state index in [2.05, 4.69) is 4.98 Å². The average molecular weight is 383 g/mol. The largest absolute Gasteiger partial charge is 0.318 e. The zero-order valence-electron chi connectivity index (χ0n) is 15.3. The number of para-hydroxylation sites is 3. The molecule has 140 valence electrons. The van der Waals surface area contributed by atoms with E-state index in [-0.39, 0.29) is 24.2 Å². The number of imidazole rings is 1. The minimum absolute atomic E-state index is 0.0596. The van der Waals surface area contributed by atoms with Crippen LogP contribution in [0.3, 0.4) is 0 Å². The Balaban J connectivity index is 1.73. The quantitative estimate of drug-likeness (QED) is 0.694. The molecular formula is C20H21N3O3S. The Morgan fingerprint density at radius 1 is 1.15 bits per heavy atom. The summed E-state index contributed by atoms with van der Waals surface area (Å²) in [5, 5.41) is 0. The number of hydrogen-bond acceptors (Lipinski definition) is 4. The Labute approximate surface area is 158 Å². The van der Waals surface area contributed by atoms with E-state index >= 15 is 0 Å². The first-order valence-corrected chi connectivity index (χ1v) is 10.9. The highest BCUT2D eigenvalue weighted by molar-refractivity contribution is 7.89. The molecule has 0 spiro atoms. The van der Waals surface area contributed by atoms with E-state index in [1.807, 2.05) is 60.4 Å². The smallest absolute Gasteiger partial charge is 0.247 e. The van der Waals surface area contributed by atoms with Crippen molar-refractivity contribution in [2.45, 2.75) is 31.7 Å². The van der Waals surface area contributed by atoms with E-state index in [9.17, 15) is 13.2 Å². The summed E-state index contributed by atoms with van der Waals surface area (Å²) in [5.74, 6) is 0.138. The van der Waals surface area contributed by atoms with Crippen molar-refractivity contribution in [2.75, 3.05) is 11.2 Å². The Morgan fingerprint density at radius 2 is 1.85 bits per heavy atom. The van der Waals surface area contributed by atoms with Crippen LogP contribution in [0.1, 0.15) is 18.3 Å². The Bertz CT molecular complexity index is 1130. The normalized spacial score (nSPS) is 16.7. The molecule has 7 heteroatoms. The van der Waals surface area contributed by atoms with E-state index in [4.69, 9.17) is 0 Å². The summed E-state index contributed by atoms with van der Waals surface area (Å²) in [6.07, 6.45) is 2.00. The molecule has 4 rings (SSSR count). The molecule has 0 aliphatic carbocycles. The van der Waals surface area contributed by atoms with Gasteiger partial charge in [0.25, 0.3) is 0 Å². The lowest BCUT2D eigenvalue weighted by molar-refractivity contribution is -0.119. The van der Waals surface area contributed by atoms with Gasteiger partial charge in [-0.15, -0.1) is 0 Å². The van der Waals surface area contributed by atoms with E-state index in [0.29, 0.717) is 11.3 Å². The number of benzene rings is 2. The monoisotopic (exact) mass is 383 g/mol. The molecule has 0 bridgehead atoms. The summed E-state index contributed by atoms with van der Waals surface area (Å²) >= 11 is 0. The topological polar surface area (TPSA) is 72.3 Å². The van der Waals surface area contributed by atoms with Gasteiger partial charge in [0.2, 0.25) is 5.91 Å². The van der Waals surface area contributed by atoms with Gasteiger partial charge in [-0.25, -0.2) is 13.4 Å². The lowest BCUT2D eigenvalue weighted by Crippen LogP contribution is -2.38. The van der Waals surface area contributed by atoms with Gasteiger partial charge in [-0.3, -0.25) is 4.79 Å². The van der Waals surface area contributed by atoms with Gasteiger partial charge in [0.15, 0.2) is 9.84 Å². The molecule has 0 fully saturated rings. The van der Waals surface area contributed by atoms with Crippen LogP contribution in [0, 0.1) is 0 Å². The number of hydrogen-bond donors (Lipinski definition) is 0. The van der Waals surface area contributed by atoms with E-state index in [0.717, 1.165) is 23.2 Å². The second-order valence-corrected chi connectivity index (χ2v) is 9.26. The second-order valence-electron chi connectivity index (χ2n) is 7.12. The Hall–Kier alpha value is -2.67. The molecule has 1 aliphatic rings. The van der Waals surface area contributed by atoms with Crippen molar-refractivity contribution >= 4 is 32.5 Å². The molecule has 6 nitrogen and oxygen atoms in total. The first-order chi connectivity index (χ1) is 12.8. The van der Waals surface area contributed by atoms with Crippen molar-refractivity contribution in [3.05, 3.63) is 59.9 Å². The summed E-state index contributed by atoms with van der Waals surface area (Å²) < 4.78 is 25.4. The maximum atomic E-state index is 13.2. The van der Waals surface area contributed by atoms with Crippen LogP contribution in [0.4, 0.5) is 5.69 Å². The van der Waals surface area contributed by atoms with Crippen LogP contribution in [-0.4, -0.2) is 36.2 Å². The molecule has 27 heavy (non-hydrogen) atoms. The van der Waals surface area contributed by atoms with Gasteiger partial charge in [-0.2, -0.15) is 0 Å². The summed E-state index contributed by atoms with van der Waals surface area (Å²) in [5.41, 5.74) is 3.55. The molecule has 0 saturated heterocycles. The number of rotatable bonds is 4. The molecule has 0 radical (unpaired) electrons. The number of aromatic nitrogens is 2. The minimum atomic E-state index is -3.27. The van der Waals surface area contributed by atoms with Gasteiger partial charge in [0, 0.05) is 18.0 Å². The van der Waals surface area contributed by atoms with Crippen LogP contribution < -0.4 is 4.90 Å². The van der Waals surface area contributed by atoms with E-state index in [1.54, 1.807) is 4.57 Å². The van der Waals surface area contributed by atoms with Crippen molar-refractivity contribution < 1.29 is 13.2 Å². The van der Waals surface area contributed by atoms with Gasteiger partial charge in [0.1, 0.15) is 18.1 Å². The number of fused-ring (bicyclic) bond motifs is 2. The molecule has 1 amide bonds. The first-order valence-electron chi connectivity index (χ1n) is 8.85. The standard InChI is InChI=1S/C20H21N3O3S/c1-14-11-15-7-3-5-9-17(15)23(14)20(24)12-22-18-10-6-4-8-16(18)21-19(22)13-27(2,25)26/h3-10,14H,11-13H2,1-2H3/t14-/m0/s1. The van der Waals surface area contributed by atoms with Gasteiger partial charge in [-0.05, 0) is 37.1 Å². The average Bonchev–Trinajstić information content (AvgIpc) is 3.10. The molecule has 1 atom stereocenters. The molecule has 0 saturated carbocycles. The molecule has 0 unspecified atom stereocenters. The fourth-order valence-electron chi connectivity index (χ4n) is 3.80. The number of carbonyl (C=O) groups is 1. The lowest BCUT2D eigenvalue weighted by Gasteiger charge is -2.23. The third kappa shape index (κ3) is 3.35. The number of sulfone groups is 1. The number of carbonyl (C=O) groups excluding carboxylic acids is 1. The maximum absolute atomic E-state index is 13.2. The molecule has 3 aromatic rings. The molecule has 2 aromatic carbocycles. The minimum Gasteiger partial charge on any atom is -0.318 e. The van der Waals surface area contributed by atoms with Crippen LogP contribution >= 0.6 is 0 Å². The highest BCUT2D eigenvalue weighted by Crippen LogP contribution is 2.32. The van der Waals surface area contributed by atoms with Crippen molar-refractivity contribution in [3.8, 4) is 0 Å². The van der Waals surface area contributed by atoms with Gasteiger partial charge < -0.3 is 9.47 Å². The highest BCUT2D eigenvalue weighted by atomic mass is 32.2. The van der Waals surface area contributed by atoms with Crippen LogP contribution in [0.5, 0.6) is 0 Å². The van der Waals surface area contributed by atoms with Crippen molar-refractivity contribution in [3.63, 3.8) is 0 Å². The van der Waals surface area contributed by atoms with Gasteiger partial charge in [0.05, 0.1) is 11.0 Å². The first kappa shape index (κ1) is 17.7. The molecular weight excluding hydrogens is 362 g/mol. The van der Waals surface area contributed by atoms with E-state index in [1.165, 1.54) is 6.26 Å². The van der Waals surface area contributed by atoms with Crippen molar-refractivity contribution in [1.82, 2.24) is 9.55 Å². The molecule has 1 aromatic heterocycles. The van der Waals surface area contributed by atoms with Crippen LogP contribution in [-0.2, 0) is 33.4 Å². The van der Waals surface area contributed by atoms with Crippen molar-refractivity contribution in [1.29, 1.82) is 0 Å². The van der Waals surface area contributed by atoms with Crippen molar-refractivity contribution in [2.24, 2.45) is 0 Å². The molecule has 2 heterocycles. The number of amides is 1. The summed E-state index contributed by atoms with van der Waals surface area (Å²) in [4.78, 5) is 19.4. The third-order valence-electron chi connectivity index (χ3n) is 4.89. The maximum Gasteiger partial charge on any atom is 0.247 e.